The van der Waals surface area contributed by atoms with Crippen molar-refractivity contribution in [3.63, 3.8) is 0 Å². The van der Waals surface area contributed by atoms with E-state index in [4.69, 9.17) is 0 Å². The lowest BCUT2D eigenvalue weighted by atomic mass is 10.1. The number of hydrogen-bond donors (Lipinski definition) is 3. The molecule has 0 saturated heterocycles. The van der Waals surface area contributed by atoms with Gasteiger partial charge in [0.05, 0.1) is 16.3 Å². The lowest BCUT2D eigenvalue weighted by Gasteiger charge is -2.07. The zero-order valence-corrected chi connectivity index (χ0v) is 20.0. The predicted molar refractivity (Wildman–Crippen MR) is 120 cm³/mol. The molecule has 2 aromatic heterocycles. The molecule has 190 valence electrons. The maximum absolute atomic E-state index is 12.8. The maximum Gasteiger partial charge on any atom is 0.434 e. The van der Waals surface area contributed by atoms with E-state index in [1.807, 2.05) is 0 Å². The minimum atomic E-state index is -4.88. The van der Waals surface area contributed by atoms with E-state index < -0.39 is 47.5 Å². The van der Waals surface area contributed by atoms with Crippen LogP contribution in [0, 0.1) is 6.92 Å². The molecule has 36 heavy (non-hydrogen) atoms. The van der Waals surface area contributed by atoms with E-state index in [9.17, 15) is 43.9 Å². The summed E-state index contributed by atoms with van der Waals surface area (Å²) in [6.07, 6.45) is -4.69. The number of fused-ring (bicyclic) bond motifs is 1. The van der Waals surface area contributed by atoms with Gasteiger partial charge in [0.15, 0.2) is 11.4 Å². The molecule has 4 rings (SSSR count). The second kappa shape index (κ2) is 8.59. The Labute approximate surface area is 203 Å². The van der Waals surface area contributed by atoms with E-state index in [0.717, 1.165) is 16.1 Å². The summed E-state index contributed by atoms with van der Waals surface area (Å²) in [7, 11) is -9.72. The first-order valence-electron chi connectivity index (χ1n) is 9.35. The van der Waals surface area contributed by atoms with Gasteiger partial charge in [-0.1, -0.05) is 6.07 Å². The van der Waals surface area contributed by atoms with E-state index in [1.54, 1.807) is 0 Å². The highest BCUT2D eigenvalue weighted by molar-refractivity contribution is 7.86. The number of halogens is 3. The molecule has 0 saturated carbocycles. The number of H-pyrrole nitrogens is 1. The fraction of sp³-hybridized carbons (Fsp3) is 0.111. The smallest absolute Gasteiger partial charge is 0.291 e. The van der Waals surface area contributed by atoms with Gasteiger partial charge in [-0.05, 0) is 36.6 Å². The van der Waals surface area contributed by atoms with E-state index in [2.05, 4.69) is 20.3 Å². The fourth-order valence-corrected chi connectivity index (χ4v) is 5.26. The third kappa shape index (κ3) is 4.93. The van der Waals surface area contributed by atoms with Gasteiger partial charge in [0.25, 0.3) is 20.2 Å². The number of aryl methyl sites for hydroxylation is 1. The third-order valence-electron chi connectivity index (χ3n) is 4.73. The summed E-state index contributed by atoms with van der Waals surface area (Å²) in [5, 5.41) is 10.5. The van der Waals surface area contributed by atoms with Gasteiger partial charge < -0.3 is 0 Å². The Hall–Kier alpha value is -3.45. The molecule has 0 bridgehead atoms. The van der Waals surface area contributed by atoms with Crippen molar-refractivity contribution >= 4 is 53.7 Å². The lowest BCUT2D eigenvalue weighted by Crippen LogP contribution is -2.14. The standard InChI is InChI=1S/C18H12F3N5O7S3/c1-8-15(16(27)26(25-8)17-22-14(7-34-17)18(19,20)21)24-23-10-2-3-12-9(4-10)5-11(35(28,29)30)6-13(12)36(31,32)33/h2-7,25H,1H3,(H,28,29,30)(H,31,32,33). The Balaban J connectivity index is 1.77. The molecule has 0 amide bonds. The summed E-state index contributed by atoms with van der Waals surface area (Å²) < 4.78 is 104. The average molecular weight is 564 g/mol. The van der Waals surface area contributed by atoms with Gasteiger partial charge >= 0.3 is 11.7 Å². The van der Waals surface area contributed by atoms with Crippen LogP contribution in [0.2, 0.25) is 0 Å². The molecule has 0 aliphatic carbocycles. The molecule has 0 radical (unpaired) electrons. The van der Waals surface area contributed by atoms with Crippen LogP contribution in [0.5, 0.6) is 0 Å². The van der Waals surface area contributed by atoms with Crippen LogP contribution >= 0.6 is 11.3 Å². The summed E-state index contributed by atoms with van der Waals surface area (Å²) in [6, 6.07) is 5.15. The van der Waals surface area contributed by atoms with Crippen LogP contribution in [-0.2, 0) is 26.4 Å². The van der Waals surface area contributed by atoms with Crippen molar-refractivity contribution < 1.29 is 39.1 Å². The molecular formula is C18H12F3N5O7S3. The van der Waals surface area contributed by atoms with Crippen LogP contribution in [0.4, 0.5) is 24.5 Å². The number of rotatable bonds is 5. The highest BCUT2D eigenvalue weighted by Crippen LogP contribution is 2.32. The molecule has 0 unspecified atom stereocenters. The number of nitrogens with one attached hydrogen (secondary N) is 1. The first kappa shape index (κ1) is 25.6. The average Bonchev–Trinajstić information content (AvgIpc) is 3.35. The van der Waals surface area contributed by atoms with Crippen LogP contribution in [0.3, 0.4) is 0 Å². The number of benzene rings is 2. The Morgan fingerprint density at radius 1 is 1.06 bits per heavy atom. The summed E-state index contributed by atoms with van der Waals surface area (Å²) in [4.78, 5) is 14.5. The van der Waals surface area contributed by atoms with E-state index in [1.165, 1.54) is 25.1 Å². The number of aromatic amines is 1. The van der Waals surface area contributed by atoms with Crippen molar-refractivity contribution in [1.29, 1.82) is 0 Å². The van der Waals surface area contributed by atoms with E-state index in [0.29, 0.717) is 17.4 Å². The van der Waals surface area contributed by atoms with Crippen LogP contribution in [0.15, 0.2) is 60.5 Å². The molecule has 0 spiro atoms. The van der Waals surface area contributed by atoms with E-state index in [-0.39, 0.29) is 33.0 Å². The first-order valence-corrected chi connectivity index (χ1v) is 13.1. The number of nitrogens with zero attached hydrogens (tertiary/aromatic N) is 4. The van der Waals surface area contributed by atoms with Crippen LogP contribution < -0.4 is 5.56 Å². The number of aromatic nitrogens is 3. The van der Waals surface area contributed by atoms with Gasteiger partial charge in [0, 0.05) is 10.8 Å². The summed E-state index contributed by atoms with van der Waals surface area (Å²) in [5.74, 6) is 0. The zero-order chi connectivity index (χ0) is 26.6. The number of alkyl halides is 3. The molecule has 0 aliphatic heterocycles. The molecule has 0 atom stereocenters. The minimum absolute atomic E-state index is 0.0106. The van der Waals surface area contributed by atoms with Crippen molar-refractivity contribution in [2.24, 2.45) is 10.2 Å². The maximum atomic E-state index is 12.8. The van der Waals surface area contributed by atoms with Gasteiger partial charge in [-0.25, -0.2) is 4.98 Å². The largest absolute Gasteiger partial charge is 0.434 e. The second-order valence-electron chi connectivity index (χ2n) is 7.22. The van der Waals surface area contributed by atoms with Crippen molar-refractivity contribution in [3.05, 3.63) is 57.5 Å². The van der Waals surface area contributed by atoms with Gasteiger partial charge in [0.2, 0.25) is 5.13 Å². The summed E-state index contributed by atoms with van der Waals surface area (Å²) in [6.45, 7) is 1.42. The molecule has 12 nitrogen and oxygen atoms in total. The zero-order valence-electron chi connectivity index (χ0n) is 17.5. The quantitative estimate of drug-likeness (QED) is 0.240. The second-order valence-corrected chi connectivity index (χ2v) is 10.9. The van der Waals surface area contributed by atoms with Crippen LogP contribution in [-0.4, -0.2) is 40.7 Å². The predicted octanol–water partition coefficient (Wildman–Crippen LogP) is 4.01. The third-order valence-corrected chi connectivity index (χ3v) is 7.28. The molecule has 2 aromatic carbocycles. The topological polar surface area (TPSA) is 184 Å². The van der Waals surface area contributed by atoms with Gasteiger partial charge in [-0.2, -0.15) is 39.8 Å². The number of thiazole rings is 1. The fourth-order valence-electron chi connectivity index (χ4n) is 3.12. The molecule has 0 aliphatic rings. The Morgan fingerprint density at radius 3 is 2.33 bits per heavy atom. The number of hydrogen-bond acceptors (Lipinski definition) is 9. The SMILES string of the molecule is Cc1[nH]n(-c2nc(C(F)(F)F)cs2)c(=O)c1N=Nc1ccc2c(S(=O)(=O)O)cc(S(=O)(=O)O)cc2c1. The minimum Gasteiger partial charge on any atom is -0.291 e. The van der Waals surface area contributed by atoms with Crippen molar-refractivity contribution in [2.45, 2.75) is 22.9 Å². The Kier molecular flexibility index (Phi) is 6.12. The molecule has 18 heteroatoms. The van der Waals surface area contributed by atoms with E-state index >= 15 is 0 Å². The highest BCUT2D eigenvalue weighted by atomic mass is 32.2. The van der Waals surface area contributed by atoms with Crippen molar-refractivity contribution in [2.75, 3.05) is 0 Å². The van der Waals surface area contributed by atoms with Crippen molar-refractivity contribution in [1.82, 2.24) is 14.8 Å². The molecule has 0 fully saturated rings. The molecule has 4 aromatic rings. The Morgan fingerprint density at radius 2 is 1.75 bits per heavy atom. The summed E-state index contributed by atoms with van der Waals surface area (Å²) >= 11 is 0.577. The van der Waals surface area contributed by atoms with Crippen LogP contribution in [0.25, 0.3) is 15.9 Å². The van der Waals surface area contributed by atoms with Gasteiger partial charge in [-0.15, -0.1) is 16.5 Å². The molecule has 2 heterocycles. The summed E-state index contributed by atoms with van der Waals surface area (Å²) in [5.41, 5.74) is -2.12. The normalized spacial score (nSPS) is 13.2. The highest BCUT2D eigenvalue weighted by Gasteiger charge is 2.34. The Bertz CT molecular complexity index is 1820. The number of azo groups is 1. The monoisotopic (exact) mass is 563 g/mol. The molecule has 3 N–H and O–H groups in total. The lowest BCUT2D eigenvalue weighted by molar-refractivity contribution is -0.140. The van der Waals surface area contributed by atoms with Gasteiger partial charge in [0.1, 0.15) is 4.90 Å². The van der Waals surface area contributed by atoms with Gasteiger partial charge in [-0.3, -0.25) is 19.0 Å². The first-order chi connectivity index (χ1) is 16.6. The van der Waals surface area contributed by atoms with Crippen molar-refractivity contribution in [3.8, 4) is 5.13 Å². The van der Waals surface area contributed by atoms with Crippen LogP contribution in [0.1, 0.15) is 11.4 Å². The molecular weight excluding hydrogens is 551 g/mol.